The minimum atomic E-state index is -0.604. The third-order valence-corrected chi connectivity index (χ3v) is 5.43. The second-order valence-corrected chi connectivity index (χ2v) is 8.36. The zero-order chi connectivity index (χ0) is 28.7. The fourth-order valence-electron chi connectivity index (χ4n) is 3.31. The highest BCUT2D eigenvalue weighted by atomic mass is 16.6. The molecule has 0 heterocycles. The highest BCUT2D eigenvalue weighted by molar-refractivity contribution is 5.91. The minimum Gasteiger partial charge on any atom is -0.494 e. The Hall–Kier alpha value is -4.89. The van der Waals surface area contributed by atoms with Gasteiger partial charge in [-0.25, -0.2) is 14.4 Å². The van der Waals surface area contributed by atoms with Crippen LogP contribution in [0.15, 0.2) is 97.8 Å². The molecular weight excluding hydrogens is 516 g/mol. The SMILES string of the molecule is C=COC(=O)COc1ccc(-c2ccc(C(=O)Oc3ccc(OCCCCOC(=O)C(=C)CO)cc3)cc2)cc1. The first-order valence-corrected chi connectivity index (χ1v) is 12.4. The second kappa shape index (κ2) is 15.5. The van der Waals surface area contributed by atoms with Gasteiger partial charge in [-0.1, -0.05) is 37.4 Å². The molecule has 0 amide bonds. The smallest absolute Gasteiger partial charge is 0.348 e. The number of hydrogen-bond donors (Lipinski definition) is 1. The van der Waals surface area contributed by atoms with Crippen molar-refractivity contribution in [3.63, 3.8) is 0 Å². The fourth-order valence-corrected chi connectivity index (χ4v) is 3.31. The average molecular weight is 547 g/mol. The van der Waals surface area contributed by atoms with E-state index < -0.39 is 24.5 Å². The van der Waals surface area contributed by atoms with Crippen molar-refractivity contribution < 1.29 is 43.2 Å². The lowest BCUT2D eigenvalue weighted by Crippen LogP contribution is -2.11. The maximum absolute atomic E-state index is 12.6. The topological polar surface area (TPSA) is 118 Å². The van der Waals surface area contributed by atoms with E-state index >= 15 is 0 Å². The van der Waals surface area contributed by atoms with Gasteiger partial charge in [-0.15, -0.1) is 0 Å². The van der Waals surface area contributed by atoms with Gasteiger partial charge in [0.1, 0.15) is 17.2 Å². The zero-order valence-electron chi connectivity index (χ0n) is 21.9. The molecule has 0 radical (unpaired) electrons. The lowest BCUT2D eigenvalue weighted by Gasteiger charge is -2.09. The molecule has 0 aliphatic carbocycles. The van der Waals surface area contributed by atoms with Gasteiger partial charge in [0.05, 0.1) is 37.2 Å². The predicted molar refractivity (Wildman–Crippen MR) is 147 cm³/mol. The summed E-state index contributed by atoms with van der Waals surface area (Å²) in [5.74, 6) is -0.122. The summed E-state index contributed by atoms with van der Waals surface area (Å²) in [4.78, 5) is 35.3. The Morgan fingerprint density at radius 3 is 1.93 bits per heavy atom. The highest BCUT2D eigenvalue weighted by Gasteiger charge is 2.10. The molecule has 40 heavy (non-hydrogen) atoms. The lowest BCUT2D eigenvalue weighted by atomic mass is 10.0. The molecule has 0 saturated carbocycles. The molecule has 3 aromatic carbocycles. The summed E-state index contributed by atoms with van der Waals surface area (Å²) >= 11 is 0. The average Bonchev–Trinajstić information content (AvgIpc) is 2.98. The molecule has 3 rings (SSSR count). The van der Waals surface area contributed by atoms with Gasteiger partial charge in [0.2, 0.25) is 0 Å². The van der Waals surface area contributed by atoms with Crippen LogP contribution >= 0.6 is 0 Å². The van der Waals surface area contributed by atoms with Crippen molar-refractivity contribution in [3.05, 3.63) is 103 Å². The number of aliphatic hydroxyl groups is 1. The van der Waals surface area contributed by atoms with E-state index in [4.69, 9.17) is 24.1 Å². The number of esters is 3. The van der Waals surface area contributed by atoms with Crippen LogP contribution in [0, 0.1) is 0 Å². The van der Waals surface area contributed by atoms with Crippen molar-refractivity contribution in [1.29, 1.82) is 0 Å². The Morgan fingerprint density at radius 1 is 0.750 bits per heavy atom. The van der Waals surface area contributed by atoms with Gasteiger partial charge in [0, 0.05) is 0 Å². The van der Waals surface area contributed by atoms with Crippen LogP contribution in [0.4, 0.5) is 0 Å². The van der Waals surface area contributed by atoms with E-state index in [1.165, 1.54) is 0 Å². The van der Waals surface area contributed by atoms with Crippen molar-refractivity contribution in [2.45, 2.75) is 12.8 Å². The Bertz CT molecular complexity index is 1290. The molecule has 3 aromatic rings. The summed E-state index contributed by atoms with van der Waals surface area (Å²) < 4.78 is 26.0. The molecule has 0 fully saturated rings. The van der Waals surface area contributed by atoms with Crippen molar-refractivity contribution in [2.75, 3.05) is 26.4 Å². The Labute approximate surface area is 232 Å². The normalized spacial score (nSPS) is 10.2. The maximum Gasteiger partial charge on any atom is 0.348 e. The van der Waals surface area contributed by atoms with Gasteiger partial charge < -0.3 is 28.8 Å². The quantitative estimate of drug-likeness (QED) is 0.0935. The van der Waals surface area contributed by atoms with Crippen molar-refractivity contribution in [2.24, 2.45) is 0 Å². The molecule has 9 heteroatoms. The molecule has 9 nitrogen and oxygen atoms in total. The minimum absolute atomic E-state index is 0.0229. The number of hydrogen-bond acceptors (Lipinski definition) is 9. The van der Waals surface area contributed by atoms with Crippen LogP contribution in [0.25, 0.3) is 11.1 Å². The molecule has 0 bridgehead atoms. The molecule has 0 aliphatic rings. The maximum atomic E-state index is 12.6. The number of ether oxygens (including phenoxy) is 5. The monoisotopic (exact) mass is 546 g/mol. The van der Waals surface area contributed by atoms with Crippen LogP contribution in [0.1, 0.15) is 23.2 Å². The molecule has 0 aliphatic heterocycles. The van der Waals surface area contributed by atoms with Crippen LogP contribution in [0.5, 0.6) is 17.2 Å². The first kappa shape index (κ1) is 29.7. The zero-order valence-corrected chi connectivity index (χ0v) is 21.9. The third kappa shape index (κ3) is 9.45. The molecule has 0 unspecified atom stereocenters. The van der Waals surface area contributed by atoms with Gasteiger partial charge in [0.15, 0.2) is 6.61 Å². The number of benzene rings is 3. The van der Waals surface area contributed by atoms with Crippen LogP contribution in [-0.2, 0) is 19.1 Å². The van der Waals surface area contributed by atoms with E-state index in [0.29, 0.717) is 42.3 Å². The van der Waals surface area contributed by atoms with Crippen molar-refractivity contribution in [1.82, 2.24) is 0 Å². The van der Waals surface area contributed by atoms with Gasteiger partial charge in [-0.05, 0) is 72.5 Å². The first-order chi connectivity index (χ1) is 19.4. The number of unbranched alkanes of at least 4 members (excludes halogenated alkanes) is 1. The molecular formula is C31H30O9. The van der Waals surface area contributed by atoms with Crippen LogP contribution in [0.3, 0.4) is 0 Å². The van der Waals surface area contributed by atoms with Gasteiger partial charge >= 0.3 is 17.9 Å². The van der Waals surface area contributed by atoms with Crippen LogP contribution in [-0.4, -0.2) is 49.4 Å². The summed E-state index contributed by atoms with van der Waals surface area (Å²) in [6, 6.07) is 20.8. The Balaban J connectivity index is 1.42. The number of rotatable bonds is 15. The standard InChI is InChI=1S/C31H30O9/c1-3-36-29(33)21-39-27-12-10-24(11-13-27)23-6-8-25(9-7-23)31(35)40-28-16-14-26(15-17-28)37-18-4-5-19-38-30(34)22(2)20-32/h3,6-17,32H,1-2,4-5,18-21H2. The molecule has 208 valence electrons. The summed E-state index contributed by atoms with van der Waals surface area (Å²) in [6.45, 7) is 6.71. The fraction of sp³-hybridized carbons (Fsp3) is 0.194. The van der Waals surface area contributed by atoms with E-state index in [2.05, 4.69) is 17.9 Å². The molecule has 0 aromatic heterocycles. The number of aliphatic hydroxyl groups excluding tert-OH is 1. The van der Waals surface area contributed by atoms with Crippen LogP contribution < -0.4 is 14.2 Å². The van der Waals surface area contributed by atoms with Gasteiger partial charge in [-0.2, -0.15) is 0 Å². The summed E-state index contributed by atoms with van der Waals surface area (Å²) in [7, 11) is 0. The predicted octanol–water partition coefficient (Wildman–Crippen LogP) is 4.89. The molecule has 1 N–H and O–H groups in total. The first-order valence-electron chi connectivity index (χ1n) is 12.4. The third-order valence-electron chi connectivity index (χ3n) is 5.43. The lowest BCUT2D eigenvalue weighted by molar-refractivity contribution is -0.140. The Kier molecular flexibility index (Phi) is 11.5. The van der Waals surface area contributed by atoms with E-state index in [9.17, 15) is 14.4 Å². The van der Waals surface area contributed by atoms with Gasteiger partial charge in [-0.3, -0.25) is 0 Å². The van der Waals surface area contributed by atoms with E-state index in [1.807, 2.05) is 24.3 Å². The Morgan fingerprint density at radius 2 is 1.30 bits per heavy atom. The van der Waals surface area contributed by atoms with Gasteiger partial charge in [0.25, 0.3) is 0 Å². The summed E-state index contributed by atoms with van der Waals surface area (Å²) in [5, 5.41) is 8.83. The highest BCUT2D eigenvalue weighted by Crippen LogP contribution is 2.24. The number of carbonyl (C=O) groups is 3. The molecule has 0 saturated heterocycles. The number of carbonyl (C=O) groups excluding carboxylic acids is 3. The molecule has 0 atom stereocenters. The summed E-state index contributed by atoms with van der Waals surface area (Å²) in [5.41, 5.74) is 2.22. The van der Waals surface area contributed by atoms with E-state index in [-0.39, 0.29) is 18.8 Å². The van der Waals surface area contributed by atoms with E-state index in [1.54, 1.807) is 48.5 Å². The molecule has 0 spiro atoms. The largest absolute Gasteiger partial charge is 0.494 e. The second-order valence-electron chi connectivity index (χ2n) is 8.36. The van der Waals surface area contributed by atoms with Crippen LogP contribution in [0.2, 0.25) is 0 Å². The van der Waals surface area contributed by atoms with Crippen molar-refractivity contribution >= 4 is 17.9 Å². The van der Waals surface area contributed by atoms with Crippen molar-refractivity contribution in [3.8, 4) is 28.4 Å². The summed E-state index contributed by atoms with van der Waals surface area (Å²) in [6.07, 6.45) is 2.32. The van der Waals surface area contributed by atoms with E-state index in [0.717, 1.165) is 17.4 Å².